The van der Waals surface area contributed by atoms with Crippen LogP contribution >= 0.6 is 11.6 Å². The Kier molecular flexibility index (Phi) is 6.02. The van der Waals surface area contributed by atoms with Crippen molar-refractivity contribution in [1.82, 2.24) is 30.2 Å². The number of benzene rings is 2. The highest BCUT2D eigenvalue weighted by atomic mass is 35.5. The summed E-state index contributed by atoms with van der Waals surface area (Å²) in [6.07, 6.45) is 4.85. The average Bonchev–Trinajstić information content (AvgIpc) is 3.41. The third-order valence-electron chi connectivity index (χ3n) is 4.82. The van der Waals surface area contributed by atoms with Gasteiger partial charge in [-0.15, -0.1) is 10.2 Å². The van der Waals surface area contributed by atoms with E-state index in [0.717, 1.165) is 34.5 Å². The highest BCUT2D eigenvalue weighted by Crippen LogP contribution is 2.30. The molecule has 7 nitrogen and oxygen atoms in total. The van der Waals surface area contributed by atoms with Crippen molar-refractivity contribution in [1.29, 1.82) is 0 Å². The van der Waals surface area contributed by atoms with E-state index in [-0.39, 0.29) is 6.61 Å². The maximum absolute atomic E-state index is 9.74. The van der Waals surface area contributed by atoms with Crippen molar-refractivity contribution in [3.8, 4) is 22.5 Å². The molecule has 0 spiro atoms. The van der Waals surface area contributed by atoms with Gasteiger partial charge in [0.2, 0.25) is 5.82 Å². The monoisotopic (exact) mass is 420 g/mol. The maximum Gasteiger partial charge on any atom is 0.205 e. The standard InChI is InChI=1S/C22H21ClN6O/c1-2-3-8-20-24-21(23)19(14-30)29(20)13-15-9-11-16(12-10-15)17-6-4-5-7-18(17)22-25-27-28-26-22/h3-12,30H,2,13-14H2,1H3,(H,25,26,27,28). The zero-order valence-corrected chi connectivity index (χ0v) is 17.2. The van der Waals surface area contributed by atoms with Gasteiger partial charge in [-0.2, -0.15) is 5.21 Å². The smallest absolute Gasteiger partial charge is 0.205 e. The molecule has 0 aliphatic rings. The van der Waals surface area contributed by atoms with Crippen LogP contribution in [0.3, 0.4) is 0 Å². The summed E-state index contributed by atoms with van der Waals surface area (Å²) in [7, 11) is 0. The highest BCUT2D eigenvalue weighted by Gasteiger charge is 2.14. The van der Waals surface area contributed by atoms with Crippen LogP contribution in [0.4, 0.5) is 0 Å². The van der Waals surface area contributed by atoms with Crippen molar-refractivity contribution >= 4 is 17.7 Å². The molecule has 0 atom stereocenters. The van der Waals surface area contributed by atoms with Crippen molar-refractivity contribution < 1.29 is 5.11 Å². The first-order valence-electron chi connectivity index (χ1n) is 9.65. The molecule has 0 amide bonds. The van der Waals surface area contributed by atoms with E-state index in [4.69, 9.17) is 11.6 Å². The van der Waals surface area contributed by atoms with E-state index in [1.165, 1.54) is 0 Å². The summed E-state index contributed by atoms with van der Waals surface area (Å²) in [6, 6.07) is 16.2. The second-order valence-electron chi connectivity index (χ2n) is 6.74. The fourth-order valence-electron chi connectivity index (χ4n) is 3.33. The first-order chi connectivity index (χ1) is 14.7. The first kappa shape index (κ1) is 20.0. The van der Waals surface area contributed by atoms with Gasteiger partial charge in [-0.1, -0.05) is 73.1 Å². The Labute approximate surface area is 179 Å². The van der Waals surface area contributed by atoms with E-state index < -0.39 is 0 Å². The zero-order chi connectivity index (χ0) is 20.9. The summed E-state index contributed by atoms with van der Waals surface area (Å²) < 4.78 is 1.94. The van der Waals surface area contributed by atoms with Crippen LogP contribution in [0.5, 0.6) is 0 Å². The highest BCUT2D eigenvalue weighted by molar-refractivity contribution is 6.30. The number of nitrogens with one attached hydrogen (secondary N) is 1. The SMILES string of the molecule is CCC=Cc1nc(Cl)c(CO)n1Cc1ccc(-c2ccccc2-c2nn[nH]n2)cc1. The Hall–Kier alpha value is -3.29. The second kappa shape index (κ2) is 9.02. The van der Waals surface area contributed by atoms with Crippen LogP contribution in [0.1, 0.15) is 30.4 Å². The van der Waals surface area contributed by atoms with Gasteiger partial charge >= 0.3 is 0 Å². The Morgan fingerprint density at radius 1 is 1.10 bits per heavy atom. The van der Waals surface area contributed by atoms with Gasteiger partial charge in [0.1, 0.15) is 5.82 Å². The van der Waals surface area contributed by atoms with Crippen LogP contribution in [-0.4, -0.2) is 35.3 Å². The van der Waals surface area contributed by atoms with Crippen molar-refractivity contribution in [2.24, 2.45) is 0 Å². The number of allylic oxidation sites excluding steroid dienone is 1. The predicted octanol–water partition coefficient (Wildman–Crippen LogP) is 4.35. The molecule has 152 valence electrons. The predicted molar refractivity (Wildman–Crippen MR) is 117 cm³/mol. The van der Waals surface area contributed by atoms with Gasteiger partial charge in [0.15, 0.2) is 5.15 Å². The third-order valence-corrected chi connectivity index (χ3v) is 5.13. The molecule has 2 aromatic carbocycles. The molecule has 4 rings (SSSR count). The lowest BCUT2D eigenvalue weighted by Gasteiger charge is -2.11. The summed E-state index contributed by atoms with van der Waals surface area (Å²) in [6.45, 7) is 2.46. The Morgan fingerprint density at radius 2 is 1.87 bits per heavy atom. The molecule has 8 heteroatoms. The molecule has 2 aromatic heterocycles. The van der Waals surface area contributed by atoms with Crippen LogP contribution < -0.4 is 0 Å². The molecule has 2 heterocycles. The molecule has 0 aliphatic carbocycles. The number of aromatic nitrogens is 6. The van der Waals surface area contributed by atoms with Gasteiger partial charge in [-0.05, 0) is 34.4 Å². The number of rotatable bonds is 7. The number of aromatic amines is 1. The van der Waals surface area contributed by atoms with E-state index in [1.807, 2.05) is 41.0 Å². The van der Waals surface area contributed by atoms with Crippen molar-refractivity contribution in [2.75, 3.05) is 0 Å². The molecule has 0 saturated heterocycles. The fourth-order valence-corrected chi connectivity index (χ4v) is 3.58. The summed E-state index contributed by atoms with van der Waals surface area (Å²) in [4.78, 5) is 4.38. The number of halogens is 1. The molecule has 0 aliphatic heterocycles. The summed E-state index contributed by atoms with van der Waals surface area (Å²) in [5, 5.41) is 24.4. The number of hydrogen-bond donors (Lipinski definition) is 2. The van der Waals surface area contributed by atoms with Crippen LogP contribution in [0.2, 0.25) is 5.15 Å². The molecule has 0 radical (unpaired) electrons. The number of aliphatic hydroxyl groups excluding tert-OH is 1. The number of nitrogens with zero attached hydrogens (tertiary/aromatic N) is 5. The fraction of sp³-hybridized carbons (Fsp3) is 0.182. The maximum atomic E-state index is 9.74. The second-order valence-corrected chi connectivity index (χ2v) is 7.10. The quantitative estimate of drug-likeness (QED) is 0.463. The third kappa shape index (κ3) is 4.03. The number of H-pyrrole nitrogens is 1. The van der Waals surface area contributed by atoms with Crippen LogP contribution in [0, 0.1) is 0 Å². The number of hydrogen-bond acceptors (Lipinski definition) is 5. The lowest BCUT2D eigenvalue weighted by Crippen LogP contribution is -2.06. The minimum atomic E-state index is -0.165. The lowest BCUT2D eigenvalue weighted by atomic mass is 9.98. The molecular formula is C22H21ClN6O. The Morgan fingerprint density at radius 3 is 2.53 bits per heavy atom. The molecular weight excluding hydrogens is 400 g/mol. The van der Waals surface area contributed by atoms with Gasteiger partial charge in [-0.25, -0.2) is 4.98 Å². The van der Waals surface area contributed by atoms with Crippen molar-refractivity contribution in [3.63, 3.8) is 0 Å². The van der Waals surface area contributed by atoms with Gasteiger partial charge in [0.25, 0.3) is 0 Å². The topological polar surface area (TPSA) is 92.5 Å². The largest absolute Gasteiger partial charge is 0.390 e. The molecule has 2 N–H and O–H groups in total. The van der Waals surface area contributed by atoms with Crippen molar-refractivity contribution in [3.05, 3.63) is 76.8 Å². The zero-order valence-electron chi connectivity index (χ0n) is 16.5. The molecule has 0 unspecified atom stereocenters. The summed E-state index contributed by atoms with van der Waals surface area (Å²) in [5.41, 5.74) is 4.68. The molecule has 4 aromatic rings. The minimum Gasteiger partial charge on any atom is -0.390 e. The van der Waals surface area contributed by atoms with E-state index in [2.05, 4.69) is 56.8 Å². The number of aliphatic hydroxyl groups is 1. The van der Waals surface area contributed by atoms with Gasteiger partial charge < -0.3 is 9.67 Å². The van der Waals surface area contributed by atoms with E-state index in [9.17, 15) is 5.11 Å². The van der Waals surface area contributed by atoms with Crippen molar-refractivity contribution in [2.45, 2.75) is 26.5 Å². The lowest BCUT2D eigenvalue weighted by molar-refractivity contribution is 0.271. The average molecular weight is 421 g/mol. The van der Waals surface area contributed by atoms with Gasteiger partial charge in [-0.3, -0.25) is 0 Å². The molecule has 0 bridgehead atoms. The molecule has 0 saturated carbocycles. The van der Waals surface area contributed by atoms with Gasteiger partial charge in [0.05, 0.1) is 12.3 Å². The Bertz CT molecular complexity index is 1150. The van der Waals surface area contributed by atoms with E-state index in [1.54, 1.807) is 0 Å². The summed E-state index contributed by atoms with van der Waals surface area (Å²) in [5.74, 6) is 1.29. The number of tetrazole rings is 1. The van der Waals surface area contributed by atoms with Crippen LogP contribution in [0.15, 0.2) is 54.6 Å². The molecule has 0 fully saturated rings. The molecule has 30 heavy (non-hydrogen) atoms. The summed E-state index contributed by atoms with van der Waals surface area (Å²) >= 11 is 6.22. The first-order valence-corrected chi connectivity index (χ1v) is 10.0. The van der Waals surface area contributed by atoms with Crippen LogP contribution in [0.25, 0.3) is 28.6 Å². The Balaban J connectivity index is 1.65. The normalized spacial score (nSPS) is 11.4. The van der Waals surface area contributed by atoms with E-state index in [0.29, 0.717) is 23.2 Å². The number of imidazole rings is 1. The van der Waals surface area contributed by atoms with Crippen LogP contribution in [-0.2, 0) is 13.2 Å². The minimum absolute atomic E-state index is 0.165. The van der Waals surface area contributed by atoms with Gasteiger partial charge in [0, 0.05) is 12.1 Å². The van der Waals surface area contributed by atoms with E-state index >= 15 is 0 Å².